The Morgan fingerprint density at radius 1 is 1.41 bits per heavy atom. The number of hydrogen-bond acceptors (Lipinski definition) is 3. The van der Waals surface area contributed by atoms with Gasteiger partial charge in [0.25, 0.3) is 0 Å². The molecule has 0 aromatic carbocycles. The Morgan fingerprint density at radius 2 is 2.18 bits per heavy atom. The van der Waals surface area contributed by atoms with E-state index < -0.39 is 0 Å². The van der Waals surface area contributed by atoms with Gasteiger partial charge in [0.1, 0.15) is 6.04 Å². The van der Waals surface area contributed by atoms with Crippen LogP contribution in [0.2, 0.25) is 0 Å². The van der Waals surface area contributed by atoms with Crippen LogP contribution in [0.5, 0.6) is 0 Å². The molecule has 17 heavy (non-hydrogen) atoms. The van der Waals surface area contributed by atoms with Gasteiger partial charge in [-0.25, -0.2) is 0 Å². The van der Waals surface area contributed by atoms with Gasteiger partial charge < -0.3 is 10.6 Å². The first-order valence-corrected chi connectivity index (χ1v) is 7.29. The van der Waals surface area contributed by atoms with E-state index in [0.29, 0.717) is 6.04 Å². The third-order valence-corrected chi connectivity index (χ3v) is 3.93. The lowest BCUT2D eigenvalue weighted by Gasteiger charge is -2.24. The van der Waals surface area contributed by atoms with Crippen LogP contribution in [0.4, 0.5) is 5.69 Å². The van der Waals surface area contributed by atoms with Crippen LogP contribution in [0.3, 0.4) is 0 Å². The van der Waals surface area contributed by atoms with Crippen LogP contribution < -0.4 is 10.6 Å². The zero-order valence-electron chi connectivity index (χ0n) is 10.2. The molecule has 1 aromatic rings. The second kappa shape index (κ2) is 6.05. The predicted octanol–water partition coefficient (Wildman–Crippen LogP) is 3.00. The molecule has 0 saturated heterocycles. The summed E-state index contributed by atoms with van der Waals surface area (Å²) in [7, 11) is 0. The van der Waals surface area contributed by atoms with E-state index in [4.69, 9.17) is 0 Å². The maximum Gasteiger partial charge on any atom is 0.242 e. The lowest BCUT2D eigenvalue weighted by Crippen LogP contribution is -2.43. The summed E-state index contributed by atoms with van der Waals surface area (Å²) in [6.07, 6.45) is 6.08. The van der Waals surface area contributed by atoms with Crippen LogP contribution in [0.1, 0.15) is 39.0 Å². The van der Waals surface area contributed by atoms with Crippen LogP contribution >= 0.6 is 11.3 Å². The summed E-state index contributed by atoms with van der Waals surface area (Å²) in [5, 5.41) is 10.4. The molecule has 1 aliphatic rings. The second-order valence-corrected chi connectivity index (χ2v) is 5.50. The van der Waals surface area contributed by atoms with Crippen molar-refractivity contribution in [2.24, 2.45) is 0 Å². The Kier molecular flexibility index (Phi) is 4.42. The Balaban J connectivity index is 1.78. The molecule has 1 aliphatic carbocycles. The van der Waals surface area contributed by atoms with Crippen molar-refractivity contribution >= 4 is 22.9 Å². The smallest absolute Gasteiger partial charge is 0.242 e. The van der Waals surface area contributed by atoms with Gasteiger partial charge in [0.05, 0.1) is 0 Å². The van der Waals surface area contributed by atoms with Crippen molar-refractivity contribution in [1.29, 1.82) is 0 Å². The molecule has 1 amide bonds. The van der Waals surface area contributed by atoms with Crippen molar-refractivity contribution in [2.45, 2.75) is 51.1 Å². The van der Waals surface area contributed by atoms with Gasteiger partial charge in [0, 0.05) is 17.1 Å². The minimum atomic E-state index is -0.161. The number of hydrogen-bond donors (Lipinski definition) is 2. The van der Waals surface area contributed by atoms with Crippen molar-refractivity contribution in [2.75, 3.05) is 5.32 Å². The van der Waals surface area contributed by atoms with Gasteiger partial charge in [-0.3, -0.25) is 4.79 Å². The molecule has 3 nitrogen and oxygen atoms in total. The summed E-state index contributed by atoms with van der Waals surface area (Å²) in [5.41, 5.74) is 1.03. The Hall–Kier alpha value is -1.03. The Morgan fingerprint density at radius 3 is 2.82 bits per heavy atom. The third kappa shape index (κ3) is 3.73. The van der Waals surface area contributed by atoms with E-state index in [2.05, 4.69) is 10.6 Å². The van der Waals surface area contributed by atoms with Crippen molar-refractivity contribution in [1.82, 2.24) is 5.32 Å². The number of carbonyl (C=O) groups excluding carboxylic acids is 1. The first-order chi connectivity index (χ1) is 8.25. The van der Waals surface area contributed by atoms with Crippen molar-refractivity contribution in [3.8, 4) is 0 Å². The highest BCUT2D eigenvalue weighted by Gasteiger charge is 2.19. The topological polar surface area (TPSA) is 41.1 Å². The molecule has 1 aromatic heterocycles. The van der Waals surface area contributed by atoms with E-state index in [1.165, 1.54) is 19.3 Å². The molecule has 2 rings (SSSR count). The highest BCUT2D eigenvalue weighted by atomic mass is 32.1. The summed E-state index contributed by atoms with van der Waals surface area (Å²) >= 11 is 1.63. The average Bonchev–Trinajstić information content (AvgIpc) is 2.83. The first kappa shape index (κ1) is 12.4. The summed E-state index contributed by atoms with van der Waals surface area (Å²) in [4.78, 5) is 12.0. The fraction of sp³-hybridized carbons (Fsp3) is 0.615. The van der Waals surface area contributed by atoms with Gasteiger partial charge in [0.15, 0.2) is 0 Å². The van der Waals surface area contributed by atoms with Gasteiger partial charge in [0.2, 0.25) is 5.91 Å². The molecular formula is C13H20N2OS. The van der Waals surface area contributed by atoms with E-state index in [1.54, 1.807) is 11.3 Å². The number of amides is 1. The molecule has 2 N–H and O–H groups in total. The molecule has 0 bridgehead atoms. The lowest BCUT2D eigenvalue weighted by molar-refractivity contribution is -0.122. The molecule has 1 unspecified atom stereocenters. The zero-order chi connectivity index (χ0) is 12.1. The quantitative estimate of drug-likeness (QED) is 0.865. The minimum Gasteiger partial charge on any atom is -0.373 e. The van der Waals surface area contributed by atoms with Gasteiger partial charge in [-0.05, 0) is 31.2 Å². The largest absolute Gasteiger partial charge is 0.373 e. The van der Waals surface area contributed by atoms with Crippen LogP contribution in [0.25, 0.3) is 0 Å². The molecule has 1 heterocycles. The summed E-state index contributed by atoms with van der Waals surface area (Å²) < 4.78 is 0. The van der Waals surface area contributed by atoms with Crippen molar-refractivity contribution in [3.63, 3.8) is 0 Å². The van der Waals surface area contributed by atoms with Crippen molar-refractivity contribution in [3.05, 3.63) is 16.8 Å². The SMILES string of the molecule is CC(Nc1ccsc1)C(=O)NC1CCCCC1. The third-order valence-electron chi connectivity index (χ3n) is 3.25. The van der Waals surface area contributed by atoms with Gasteiger partial charge >= 0.3 is 0 Å². The van der Waals surface area contributed by atoms with Crippen LogP contribution in [-0.2, 0) is 4.79 Å². The average molecular weight is 252 g/mol. The normalized spacial score (nSPS) is 18.6. The first-order valence-electron chi connectivity index (χ1n) is 6.35. The number of carbonyl (C=O) groups is 1. The Labute approximate surface area is 107 Å². The van der Waals surface area contributed by atoms with E-state index >= 15 is 0 Å². The van der Waals surface area contributed by atoms with Gasteiger partial charge in [-0.15, -0.1) is 0 Å². The minimum absolute atomic E-state index is 0.114. The molecule has 1 atom stereocenters. The van der Waals surface area contributed by atoms with Crippen LogP contribution in [-0.4, -0.2) is 18.0 Å². The van der Waals surface area contributed by atoms with E-state index in [9.17, 15) is 4.79 Å². The number of anilines is 1. The molecular weight excluding hydrogens is 232 g/mol. The maximum atomic E-state index is 12.0. The second-order valence-electron chi connectivity index (χ2n) is 4.72. The fourth-order valence-corrected chi connectivity index (χ4v) is 2.83. The molecule has 1 saturated carbocycles. The van der Waals surface area contributed by atoms with E-state index in [-0.39, 0.29) is 11.9 Å². The summed E-state index contributed by atoms with van der Waals surface area (Å²) in [5.74, 6) is 0.114. The number of rotatable bonds is 4. The molecule has 0 aliphatic heterocycles. The lowest BCUT2D eigenvalue weighted by atomic mass is 9.95. The van der Waals surface area contributed by atoms with Gasteiger partial charge in [-0.1, -0.05) is 19.3 Å². The molecule has 94 valence electrons. The maximum absolute atomic E-state index is 12.0. The molecule has 0 radical (unpaired) electrons. The monoisotopic (exact) mass is 252 g/mol. The van der Waals surface area contributed by atoms with E-state index in [0.717, 1.165) is 18.5 Å². The van der Waals surface area contributed by atoms with Gasteiger partial charge in [-0.2, -0.15) is 11.3 Å². The predicted molar refractivity (Wildman–Crippen MR) is 72.4 cm³/mol. The fourth-order valence-electron chi connectivity index (χ4n) is 2.24. The molecule has 1 fully saturated rings. The highest BCUT2D eigenvalue weighted by molar-refractivity contribution is 7.08. The van der Waals surface area contributed by atoms with Crippen molar-refractivity contribution < 1.29 is 4.79 Å². The van der Waals surface area contributed by atoms with Crippen LogP contribution in [0, 0.1) is 0 Å². The van der Waals surface area contributed by atoms with Crippen LogP contribution in [0.15, 0.2) is 16.8 Å². The highest BCUT2D eigenvalue weighted by Crippen LogP contribution is 2.18. The molecule has 4 heteroatoms. The van der Waals surface area contributed by atoms with E-state index in [1.807, 2.05) is 23.8 Å². The Bertz CT molecular complexity index is 344. The standard InChI is InChI=1S/C13H20N2OS/c1-10(14-12-7-8-17-9-12)13(16)15-11-5-3-2-4-6-11/h7-11,14H,2-6H2,1H3,(H,15,16). The zero-order valence-corrected chi connectivity index (χ0v) is 11.1. The summed E-state index contributed by atoms with van der Waals surface area (Å²) in [6.45, 7) is 1.91. The summed E-state index contributed by atoms with van der Waals surface area (Å²) in [6, 6.07) is 2.23. The molecule has 0 spiro atoms. The number of nitrogens with one attached hydrogen (secondary N) is 2. The number of thiophene rings is 1.